The second kappa shape index (κ2) is 4.95. The summed E-state index contributed by atoms with van der Waals surface area (Å²) in [5.41, 5.74) is 2.92. The van der Waals surface area contributed by atoms with Crippen molar-refractivity contribution >= 4 is 28.0 Å². The lowest BCUT2D eigenvalue weighted by Gasteiger charge is -2.14. The molecule has 3 aromatic rings. The lowest BCUT2D eigenvalue weighted by molar-refractivity contribution is 0.100. The number of aromatic nitrogens is 1. The van der Waals surface area contributed by atoms with Crippen molar-refractivity contribution in [2.75, 3.05) is 7.11 Å². The number of methoxy groups -OCH3 is 1. The number of rotatable bonds is 2. The summed E-state index contributed by atoms with van der Waals surface area (Å²) < 4.78 is 5.25. The summed E-state index contributed by atoms with van der Waals surface area (Å²) in [6.45, 7) is 0. The molecule has 0 fully saturated rings. The van der Waals surface area contributed by atoms with E-state index in [-0.39, 0.29) is 11.6 Å². The van der Waals surface area contributed by atoms with Gasteiger partial charge >= 0.3 is 0 Å². The molecular weight excluding hydrogens is 290 g/mol. The molecular formula is C19H13NO3. The van der Waals surface area contributed by atoms with Crippen molar-refractivity contribution in [1.82, 2.24) is 4.98 Å². The van der Waals surface area contributed by atoms with Crippen LogP contribution in [0.5, 0.6) is 5.75 Å². The zero-order chi connectivity index (χ0) is 16.0. The van der Waals surface area contributed by atoms with Gasteiger partial charge in [0, 0.05) is 39.4 Å². The van der Waals surface area contributed by atoms with Crippen molar-refractivity contribution in [3.05, 3.63) is 71.4 Å². The molecule has 0 unspecified atom stereocenters. The number of H-pyrrole nitrogens is 1. The summed E-state index contributed by atoms with van der Waals surface area (Å²) >= 11 is 0. The van der Waals surface area contributed by atoms with E-state index in [4.69, 9.17) is 4.74 Å². The van der Waals surface area contributed by atoms with Gasteiger partial charge in [-0.25, -0.2) is 0 Å². The average molecular weight is 303 g/mol. The number of carbonyl (C=O) groups excluding carboxylic acids is 2. The summed E-state index contributed by atoms with van der Waals surface area (Å²) in [5, 5.41) is 0.858. The van der Waals surface area contributed by atoms with Crippen LogP contribution in [0.3, 0.4) is 0 Å². The number of nitrogens with one attached hydrogen (secondary N) is 1. The number of hydrogen-bond acceptors (Lipinski definition) is 3. The van der Waals surface area contributed by atoms with Gasteiger partial charge in [0.1, 0.15) is 5.75 Å². The second-order valence-corrected chi connectivity index (χ2v) is 5.41. The summed E-state index contributed by atoms with van der Waals surface area (Å²) in [6, 6.07) is 12.5. The Kier molecular flexibility index (Phi) is 2.91. The molecule has 23 heavy (non-hydrogen) atoms. The van der Waals surface area contributed by atoms with Crippen molar-refractivity contribution in [1.29, 1.82) is 0 Å². The van der Waals surface area contributed by atoms with E-state index in [1.165, 1.54) is 6.08 Å². The fraction of sp³-hybridized carbons (Fsp3) is 0.0526. The molecule has 1 heterocycles. The number of aromatic amines is 1. The normalized spacial score (nSPS) is 13.9. The Bertz CT molecular complexity index is 995. The van der Waals surface area contributed by atoms with Crippen LogP contribution in [0, 0.1) is 0 Å². The number of hydrogen-bond donors (Lipinski definition) is 1. The Morgan fingerprint density at radius 2 is 1.74 bits per heavy atom. The number of allylic oxidation sites excluding steroid dienone is 2. The van der Waals surface area contributed by atoms with Crippen LogP contribution in [-0.2, 0) is 0 Å². The molecule has 2 aromatic carbocycles. The Morgan fingerprint density at radius 3 is 2.52 bits per heavy atom. The fourth-order valence-corrected chi connectivity index (χ4v) is 2.97. The predicted octanol–water partition coefficient (Wildman–Crippen LogP) is 3.64. The maximum absolute atomic E-state index is 12.8. The maximum Gasteiger partial charge on any atom is 0.194 e. The number of ether oxygens (including phenoxy) is 1. The van der Waals surface area contributed by atoms with Crippen LogP contribution < -0.4 is 4.74 Å². The number of ketones is 2. The lowest BCUT2D eigenvalue weighted by Crippen LogP contribution is -2.15. The molecule has 0 amide bonds. The Balaban J connectivity index is 1.92. The van der Waals surface area contributed by atoms with E-state index in [2.05, 4.69) is 4.98 Å². The van der Waals surface area contributed by atoms with Crippen LogP contribution in [0.1, 0.15) is 26.3 Å². The Labute approximate surface area is 132 Å². The van der Waals surface area contributed by atoms with Gasteiger partial charge in [0.25, 0.3) is 0 Å². The van der Waals surface area contributed by atoms with E-state index in [1.807, 2.05) is 18.2 Å². The van der Waals surface area contributed by atoms with E-state index in [0.717, 1.165) is 10.9 Å². The van der Waals surface area contributed by atoms with E-state index < -0.39 is 0 Å². The molecule has 0 radical (unpaired) electrons. The van der Waals surface area contributed by atoms with Gasteiger partial charge in [-0.3, -0.25) is 9.59 Å². The molecule has 4 rings (SSSR count). The predicted molar refractivity (Wildman–Crippen MR) is 87.9 cm³/mol. The molecule has 4 heteroatoms. The minimum Gasteiger partial charge on any atom is -0.497 e. The Morgan fingerprint density at radius 1 is 0.957 bits per heavy atom. The smallest absolute Gasteiger partial charge is 0.194 e. The Hall–Kier alpha value is -3.14. The molecule has 0 atom stereocenters. The highest BCUT2D eigenvalue weighted by atomic mass is 16.5. The van der Waals surface area contributed by atoms with Crippen molar-refractivity contribution in [3.63, 3.8) is 0 Å². The number of carbonyl (C=O) groups is 2. The molecule has 4 nitrogen and oxygen atoms in total. The molecule has 112 valence electrons. The standard InChI is InChI=1S/C19H13NO3/c1-23-11-6-7-17-14(8-11)16(10-20-17)15-9-18(21)12-4-2-3-5-13(12)19(15)22/h2-10,20H,1H3. The SMILES string of the molecule is COc1ccc2[nH]cc(C3=CC(=O)c4ccccc4C3=O)c2c1. The van der Waals surface area contributed by atoms with E-state index in [0.29, 0.717) is 28.0 Å². The molecule has 0 saturated heterocycles. The average Bonchev–Trinajstić information content (AvgIpc) is 3.01. The summed E-state index contributed by atoms with van der Waals surface area (Å²) in [5.74, 6) is 0.422. The van der Waals surface area contributed by atoms with Gasteiger partial charge in [0.2, 0.25) is 0 Å². The first-order valence-electron chi connectivity index (χ1n) is 7.24. The third-order valence-corrected chi connectivity index (χ3v) is 4.14. The minimum atomic E-state index is -0.146. The first-order valence-corrected chi connectivity index (χ1v) is 7.24. The van der Waals surface area contributed by atoms with Crippen molar-refractivity contribution < 1.29 is 14.3 Å². The second-order valence-electron chi connectivity index (χ2n) is 5.41. The molecule has 1 N–H and O–H groups in total. The van der Waals surface area contributed by atoms with Gasteiger partial charge in [-0.15, -0.1) is 0 Å². The summed E-state index contributed by atoms with van der Waals surface area (Å²) in [6.07, 6.45) is 3.18. The zero-order valence-electron chi connectivity index (χ0n) is 12.4. The monoisotopic (exact) mass is 303 g/mol. The van der Waals surface area contributed by atoms with Gasteiger partial charge < -0.3 is 9.72 Å². The van der Waals surface area contributed by atoms with Crippen LogP contribution in [0.15, 0.2) is 54.7 Å². The minimum absolute atomic E-state index is 0.135. The zero-order valence-corrected chi connectivity index (χ0v) is 12.4. The number of benzene rings is 2. The van der Waals surface area contributed by atoms with Gasteiger partial charge in [-0.05, 0) is 24.3 Å². The molecule has 1 aliphatic rings. The molecule has 0 spiro atoms. The van der Waals surface area contributed by atoms with Crippen LogP contribution >= 0.6 is 0 Å². The largest absolute Gasteiger partial charge is 0.497 e. The number of fused-ring (bicyclic) bond motifs is 2. The molecule has 1 aliphatic carbocycles. The van der Waals surface area contributed by atoms with Crippen molar-refractivity contribution in [2.24, 2.45) is 0 Å². The quantitative estimate of drug-likeness (QED) is 0.786. The van der Waals surface area contributed by atoms with Gasteiger partial charge in [0.05, 0.1) is 7.11 Å². The van der Waals surface area contributed by atoms with Crippen molar-refractivity contribution in [3.8, 4) is 5.75 Å². The topological polar surface area (TPSA) is 59.2 Å². The van der Waals surface area contributed by atoms with Crippen molar-refractivity contribution in [2.45, 2.75) is 0 Å². The third kappa shape index (κ3) is 1.99. The van der Waals surface area contributed by atoms with Gasteiger partial charge in [-0.2, -0.15) is 0 Å². The van der Waals surface area contributed by atoms with Gasteiger partial charge in [-0.1, -0.05) is 24.3 Å². The van der Waals surface area contributed by atoms with Gasteiger partial charge in [0.15, 0.2) is 11.6 Å². The van der Waals surface area contributed by atoms with Crippen LogP contribution in [0.25, 0.3) is 16.5 Å². The number of Topliss-reactive ketones (excluding diaryl/α,β-unsaturated/α-hetero) is 1. The maximum atomic E-state index is 12.8. The van der Waals surface area contributed by atoms with E-state index in [1.54, 1.807) is 37.6 Å². The van der Waals surface area contributed by atoms with E-state index >= 15 is 0 Å². The summed E-state index contributed by atoms with van der Waals surface area (Å²) in [4.78, 5) is 28.3. The summed E-state index contributed by atoms with van der Waals surface area (Å²) in [7, 11) is 1.60. The molecule has 0 aliphatic heterocycles. The first kappa shape index (κ1) is 13.5. The van der Waals surface area contributed by atoms with E-state index in [9.17, 15) is 9.59 Å². The lowest BCUT2D eigenvalue weighted by atomic mass is 9.86. The third-order valence-electron chi connectivity index (χ3n) is 4.14. The fourth-order valence-electron chi connectivity index (χ4n) is 2.97. The van der Waals surface area contributed by atoms with Crippen LogP contribution in [0.2, 0.25) is 0 Å². The van der Waals surface area contributed by atoms with Crippen LogP contribution in [0.4, 0.5) is 0 Å². The highest BCUT2D eigenvalue weighted by molar-refractivity contribution is 6.39. The first-order chi connectivity index (χ1) is 11.2. The highest BCUT2D eigenvalue weighted by Crippen LogP contribution is 2.33. The highest BCUT2D eigenvalue weighted by Gasteiger charge is 2.27. The molecule has 0 saturated carbocycles. The molecule has 1 aromatic heterocycles. The van der Waals surface area contributed by atoms with Crippen LogP contribution in [-0.4, -0.2) is 23.7 Å². The molecule has 0 bridgehead atoms.